The molecule has 0 unspecified atom stereocenters. The van der Waals surface area contributed by atoms with Crippen molar-refractivity contribution in [2.45, 2.75) is 11.4 Å². The van der Waals surface area contributed by atoms with E-state index in [2.05, 4.69) is 28.1 Å². The summed E-state index contributed by atoms with van der Waals surface area (Å²) in [7, 11) is 0. The number of hydrogen-bond acceptors (Lipinski definition) is 3. The molecule has 0 aromatic heterocycles. The first kappa shape index (κ1) is 17.6. The van der Waals surface area contributed by atoms with Gasteiger partial charge in [-0.2, -0.15) is 0 Å². The van der Waals surface area contributed by atoms with Crippen molar-refractivity contribution in [3.63, 3.8) is 0 Å². The van der Waals surface area contributed by atoms with E-state index >= 15 is 0 Å². The molecule has 4 rings (SSSR count). The van der Waals surface area contributed by atoms with Crippen LogP contribution in [-0.2, 0) is 4.79 Å². The first-order valence-electron chi connectivity index (χ1n) is 7.46. The highest BCUT2D eigenvalue weighted by Gasteiger charge is 2.50. The lowest BCUT2D eigenvalue weighted by atomic mass is 10.2. The molecule has 25 heavy (non-hydrogen) atoms. The van der Waals surface area contributed by atoms with Gasteiger partial charge in [0, 0.05) is 10.2 Å². The van der Waals surface area contributed by atoms with E-state index in [0.717, 1.165) is 10.0 Å². The van der Waals surface area contributed by atoms with Crippen LogP contribution in [0.5, 0.6) is 0 Å². The Balaban J connectivity index is 1.68. The van der Waals surface area contributed by atoms with Gasteiger partial charge in [0.1, 0.15) is 11.4 Å². The summed E-state index contributed by atoms with van der Waals surface area (Å²) in [6.45, 7) is 0. The number of halogens is 3. The SMILES string of the molecule is O=C1[C@H]2CS[C@H](c3ccc(Br)cc3)N2C(=S)N1c1ccc(Cl)c(Cl)c1. The Kier molecular flexibility index (Phi) is 4.75. The molecular formula is C17H11BrCl2N2OS2. The Morgan fingerprint density at radius 2 is 1.84 bits per heavy atom. The van der Waals surface area contributed by atoms with Gasteiger partial charge in [-0.05, 0) is 48.1 Å². The van der Waals surface area contributed by atoms with Crippen LogP contribution >= 0.6 is 63.1 Å². The number of carbonyl (C=O) groups is 1. The predicted molar refractivity (Wildman–Crippen MR) is 112 cm³/mol. The Morgan fingerprint density at radius 1 is 1.12 bits per heavy atom. The van der Waals surface area contributed by atoms with Crippen molar-refractivity contribution in [1.29, 1.82) is 0 Å². The summed E-state index contributed by atoms with van der Waals surface area (Å²) >= 11 is 22.9. The van der Waals surface area contributed by atoms with E-state index in [1.54, 1.807) is 34.9 Å². The molecule has 2 heterocycles. The molecular weight excluding hydrogens is 463 g/mol. The monoisotopic (exact) mass is 472 g/mol. The van der Waals surface area contributed by atoms with Gasteiger partial charge in [-0.1, -0.05) is 51.3 Å². The van der Waals surface area contributed by atoms with Crippen LogP contribution in [-0.4, -0.2) is 27.7 Å². The van der Waals surface area contributed by atoms with Crippen molar-refractivity contribution in [3.05, 3.63) is 62.5 Å². The molecule has 2 atom stereocenters. The standard InChI is InChI=1S/C17H11BrCl2N2OS2/c18-10-3-1-9(2-4-10)16-22-14(8-25-16)15(23)21(17(22)24)11-5-6-12(19)13(20)7-11/h1-7,14,16H,8H2/t14-,16-/m1/s1. The number of fused-ring (bicyclic) bond motifs is 1. The van der Waals surface area contributed by atoms with Crippen molar-refractivity contribution < 1.29 is 4.79 Å². The van der Waals surface area contributed by atoms with Crippen molar-refractivity contribution in [2.75, 3.05) is 10.7 Å². The van der Waals surface area contributed by atoms with E-state index < -0.39 is 0 Å². The van der Waals surface area contributed by atoms with Crippen molar-refractivity contribution in [2.24, 2.45) is 0 Å². The van der Waals surface area contributed by atoms with E-state index in [0.29, 0.717) is 26.6 Å². The minimum Gasteiger partial charge on any atom is -0.319 e. The van der Waals surface area contributed by atoms with E-state index in [1.165, 1.54) is 0 Å². The number of thioether (sulfide) groups is 1. The third kappa shape index (κ3) is 2.98. The van der Waals surface area contributed by atoms with Gasteiger partial charge in [0.05, 0.1) is 15.7 Å². The summed E-state index contributed by atoms with van der Waals surface area (Å²) in [5, 5.41) is 1.39. The third-order valence-corrected chi connectivity index (χ3v) is 7.22. The molecule has 0 aliphatic carbocycles. The van der Waals surface area contributed by atoms with Crippen LogP contribution in [0.25, 0.3) is 0 Å². The van der Waals surface area contributed by atoms with E-state index in [-0.39, 0.29) is 17.3 Å². The lowest BCUT2D eigenvalue weighted by molar-refractivity contribution is -0.119. The number of thiocarbonyl (C=S) groups is 1. The van der Waals surface area contributed by atoms with Crippen molar-refractivity contribution >= 4 is 79.8 Å². The number of anilines is 1. The Labute approximate surface area is 173 Å². The average Bonchev–Trinajstić information content (AvgIpc) is 3.12. The molecule has 0 N–H and O–H groups in total. The van der Waals surface area contributed by atoms with Gasteiger partial charge < -0.3 is 4.90 Å². The maximum atomic E-state index is 12.9. The molecule has 0 radical (unpaired) electrons. The van der Waals surface area contributed by atoms with Gasteiger partial charge >= 0.3 is 0 Å². The van der Waals surface area contributed by atoms with Crippen LogP contribution in [0.3, 0.4) is 0 Å². The third-order valence-electron chi connectivity index (χ3n) is 4.23. The maximum absolute atomic E-state index is 12.9. The fraction of sp³-hybridized carbons (Fsp3) is 0.176. The molecule has 2 aliphatic rings. The molecule has 0 saturated carbocycles. The molecule has 2 fully saturated rings. The molecule has 0 spiro atoms. The zero-order valence-electron chi connectivity index (χ0n) is 12.7. The summed E-state index contributed by atoms with van der Waals surface area (Å²) in [6.07, 6.45) is 0. The molecule has 3 nitrogen and oxygen atoms in total. The minimum absolute atomic E-state index is 0.0181. The average molecular weight is 474 g/mol. The van der Waals surface area contributed by atoms with E-state index in [4.69, 9.17) is 35.4 Å². The quantitative estimate of drug-likeness (QED) is 0.537. The lowest BCUT2D eigenvalue weighted by Gasteiger charge is -2.25. The fourth-order valence-corrected chi connectivity index (χ4v) is 5.51. The van der Waals surface area contributed by atoms with E-state index in [1.807, 2.05) is 17.0 Å². The summed E-state index contributed by atoms with van der Waals surface area (Å²) in [5.41, 5.74) is 1.78. The maximum Gasteiger partial charge on any atom is 0.257 e. The summed E-state index contributed by atoms with van der Waals surface area (Å²) in [4.78, 5) is 16.5. The zero-order valence-corrected chi connectivity index (χ0v) is 17.4. The van der Waals surface area contributed by atoms with Gasteiger partial charge in [-0.3, -0.25) is 9.69 Å². The largest absolute Gasteiger partial charge is 0.319 e. The number of benzene rings is 2. The highest BCUT2D eigenvalue weighted by atomic mass is 79.9. The first-order chi connectivity index (χ1) is 12.0. The second-order valence-corrected chi connectivity index (χ2v) is 8.92. The molecule has 2 aromatic carbocycles. The summed E-state index contributed by atoms with van der Waals surface area (Å²) in [5.74, 6) is 0.688. The molecule has 0 bridgehead atoms. The van der Waals surface area contributed by atoms with Crippen LogP contribution in [0.4, 0.5) is 5.69 Å². The highest BCUT2D eigenvalue weighted by molar-refractivity contribution is 9.10. The van der Waals surface area contributed by atoms with Crippen LogP contribution in [0.15, 0.2) is 46.9 Å². The van der Waals surface area contributed by atoms with Gasteiger partial charge in [0.2, 0.25) is 0 Å². The number of amides is 1. The Bertz CT molecular complexity index is 877. The number of hydrogen-bond donors (Lipinski definition) is 0. The topological polar surface area (TPSA) is 23.6 Å². The first-order valence-corrected chi connectivity index (χ1v) is 10.5. The van der Waals surface area contributed by atoms with Crippen LogP contribution in [0, 0.1) is 0 Å². The highest BCUT2D eigenvalue weighted by Crippen LogP contribution is 2.46. The second kappa shape index (κ2) is 6.74. The number of rotatable bonds is 2. The minimum atomic E-state index is -0.249. The zero-order chi connectivity index (χ0) is 17.7. The molecule has 2 aromatic rings. The smallest absolute Gasteiger partial charge is 0.257 e. The molecule has 1 amide bonds. The second-order valence-electron chi connectivity index (χ2n) is 5.71. The molecule has 2 aliphatic heterocycles. The van der Waals surface area contributed by atoms with Gasteiger partial charge in [0.15, 0.2) is 5.11 Å². The fourth-order valence-electron chi connectivity index (χ4n) is 3.04. The molecule has 2 saturated heterocycles. The van der Waals surface area contributed by atoms with Gasteiger partial charge in [-0.25, -0.2) is 0 Å². The van der Waals surface area contributed by atoms with Crippen LogP contribution in [0.2, 0.25) is 10.0 Å². The number of carbonyl (C=O) groups excluding carboxylic acids is 1. The lowest BCUT2D eigenvalue weighted by Crippen LogP contribution is -2.33. The van der Waals surface area contributed by atoms with Crippen LogP contribution < -0.4 is 4.90 Å². The summed E-state index contributed by atoms with van der Waals surface area (Å²) in [6, 6.07) is 13.0. The predicted octanol–water partition coefficient (Wildman–Crippen LogP) is 5.50. The Hall–Kier alpha value is -0.790. The van der Waals surface area contributed by atoms with Crippen molar-refractivity contribution in [1.82, 2.24) is 4.90 Å². The normalized spacial score (nSPS) is 22.7. The van der Waals surface area contributed by atoms with Crippen molar-refractivity contribution in [3.8, 4) is 0 Å². The van der Waals surface area contributed by atoms with Gasteiger partial charge in [-0.15, -0.1) is 11.8 Å². The van der Waals surface area contributed by atoms with Crippen LogP contribution in [0.1, 0.15) is 10.9 Å². The van der Waals surface area contributed by atoms with E-state index in [9.17, 15) is 4.79 Å². The molecule has 128 valence electrons. The Morgan fingerprint density at radius 3 is 2.52 bits per heavy atom. The summed E-state index contributed by atoms with van der Waals surface area (Å²) < 4.78 is 1.02. The van der Waals surface area contributed by atoms with Gasteiger partial charge in [0.25, 0.3) is 5.91 Å². The molecule has 8 heteroatoms. The number of nitrogens with zero attached hydrogens (tertiary/aromatic N) is 2.